The van der Waals surface area contributed by atoms with Crippen LogP contribution in [0.3, 0.4) is 0 Å². The lowest BCUT2D eigenvalue weighted by atomic mass is 9.83. The van der Waals surface area contributed by atoms with E-state index in [9.17, 15) is 4.79 Å². The van der Waals surface area contributed by atoms with Crippen LogP contribution in [0.2, 0.25) is 0 Å². The molecule has 2 fully saturated rings. The number of nitrogens with one attached hydrogen (secondary N) is 1. The van der Waals surface area contributed by atoms with Gasteiger partial charge < -0.3 is 10.2 Å². The minimum absolute atomic E-state index is 0.229. The molecule has 0 spiro atoms. The van der Waals surface area contributed by atoms with Crippen LogP contribution in [-0.4, -0.2) is 37.0 Å². The Bertz CT molecular complexity index is 266. The Morgan fingerprint density at radius 1 is 1.22 bits per heavy atom. The van der Waals surface area contributed by atoms with Crippen molar-refractivity contribution in [2.45, 2.75) is 57.9 Å². The average Bonchev–Trinajstić information content (AvgIpc) is 2.47. The number of hydrogen-bond donors (Lipinski definition) is 1. The minimum Gasteiger partial charge on any atom is -0.342 e. The van der Waals surface area contributed by atoms with Crippen LogP contribution in [0.5, 0.6) is 0 Å². The second-order valence-electron chi connectivity index (χ2n) is 6.08. The summed E-state index contributed by atoms with van der Waals surface area (Å²) in [5.74, 6) is 1.51. The molecule has 2 aliphatic rings. The zero-order valence-corrected chi connectivity index (χ0v) is 12.0. The first-order chi connectivity index (χ1) is 8.72. The summed E-state index contributed by atoms with van der Waals surface area (Å²) >= 11 is 0. The van der Waals surface area contributed by atoms with Gasteiger partial charge in [0, 0.05) is 19.6 Å². The van der Waals surface area contributed by atoms with Crippen molar-refractivity contribution in [3.8, 4) is 0 Å². The molecule has 3 nitrogen and oxygen atoms in total. The first kappa shape index (κ1) is 13.9. The Kier molecular flexibility index (Phi) is 5.04. The van der Waals surface area contributed by atoms with E-state index in [0.29, 0.717) is 11.9 Å². The van der Waals surface area contributed by atoms with Gasteiger partial charge in [-0.2, -0.15) is 0 Å². The van der Waals surface area contributed by atoms with Crippen molar-refractivity contribution in [1.82, 2.24) is 10.2 Å². The highest BCUT2D eigenvalue weighted by molar-refractivity contribution is 5.79. The molecule has 0 radical (unpaired) electrons. The van der Waals surface area contributed by atoms with Gasteiger partial charge in [-0.15, -0.1) is 0 Å². The number of nitrogens with zero attached hydrogens (tertiary/aromatic N) is 1. The predicted octanol–water partition coefficient (Wildman–Crippen LogP) is 2.41. The highest BCUT2D eigenvalue weighted by Crippen LogP contribution is 2.29. The summed E-state index contributed by atoms with van der Waals surface area (Å²) in [5.41, 5.74) is 0. The van der Waals surface area contributed by atoms with Gasteiger partial charge in [0.2, 0.25) is 5.91 Å². The molecule has 1 amide bonds. The number of piperidine rings is 1. The van der Waals surface area contributed by atoms with Crippen LogP contribution in [0.15, 0.2) is 0 Å². The minimum atomic E-state index is 0.229. The van der Waals surface area contributed by atoms with Crippen LogP contribution in [0.1, 0.15) is 51.9 Å². The maximum absolute atomic E-state index is 12.4. The molecule has 1 aliphatic carbocycles. The van der Waals surface area contributed by atoms with E-state index in [0.717, 1.165) is 31.8 Å². The summed E-state index contributed by atoms with van der Waals surface area (Å²) in [6, 6.07) is 0.502. The van der Waals surface area contributed by atoms with Gasteiger partial charge >= 0.3 is 0 Å². The van der Waals surface area contributed by atoms with E-state index in [-0.39, 0.29) is 5.92 Å². The van der Waals surface area contributed by atoms with Gasteiger partial charge in [0.15, 0.2) is 0 Å². The third-order valence-electron chi connectivity index (χ3n) is 4.94. The summed E-state index contributed by atoms with van der Waals surface area (Å²) in [7, 11) is 2.02. The van der Waals surface area contributed by atoms with Crippen LogP contribution < -0.4 is 5.32 Å². The van der Waals surface area contributed by atoms with E-state index in [4.69, 9.17) is 0 Å². The monoisotopic (exact) mass is 252 g/mol. The third kappa shape index (κ3) is 3.25. The highest BCUT2D eigenvalue weighted by atomic mass is 16.2. The van der Waals surface area contributed by atoms with Crippen molar-refractivity contribution < 1.29 is 4.79 Å². The SMILES string of the molecule is CCC1CCC(N(C)C(=O)C2CCCNC2)CC1. The standard InChI is InChI=1S/C15H28N2O/c1-3-12-6-8-14(9-7-12)17(2)15(18)13-5-4-10-16-11-13/h12-14,16H,3-11H2,1-2H3. The quantitative estimate of drug-likeness (QED) is 0.836. The molecule has 1 N–H and O–H groups in total. The molecule has 0 bridgehead atoms. The van der Waals surface area contributed by atoms with Crippen LogP contribution in [0.4, 0.5) is 0 Å². The Labute approximate surface area is 111 Å². The fraction of sp³-hybridized carbons (Fsp3) is 0.933. The molecule has 1 aliphatic heterocycles. The molecule has 2 rings (SSSR count). The lowest BCUT2D eigenvalue weighted by molar-refractivity contribution is -0.137. The molecule has 0 aromatic rings. The Hall–Kier alpha value is -0.570. The molecular formula is C15H28N2O. The number of carbonyl (C=O) groups is 1. The molecule has 18 heavy (non-hydrogen) atoms. The van der Waals surface area contributed by atoms with Gasteiger partial charge in [-0.25, -0.2) is 0 Å². The largest absolute Gasteiger partial charge is 0.342 e. The topological polar surface area (TPSA) is 32.3 Å². The van der Waals surface area contributed by atoms with Crippen LogP contribution in [-0.2, 0) is 4.79 Å². The summed E-state index contributed by atoms with van der Waals surface area (Å²) in [5, 5.41) is 3.34. The molecule has 0 aromatic heterocycles. The zero-order chi connectivity index (χ0) is 13.0. The number of hydrogen-bond acceptors (Lipinski definition) is 2. The van der Waals surface area contributed by atoms with Gasteiger partial charge in [0.05, 0.1) is 5.92 Å². The number of carbonyl (C=O) groups excluding carboxylic acids is 1. The van der Waals surface area contributed by atoms with Gasteiger partial charge in [0.25, 0.3) is 0 Å². The van der Waals surface area contributed by atoms with Gasteiger partial charge in [-0.05, 0) is 51.0 Å². The molecule has 1 atom stereocenters. The van der Waals surface area contributed by atoms with Crippen molar-refractivity contribution in [2.75, 3.05) is 20.1 Å². The van der Waals surface area contributed by atoms with Crippen molar-refractivity contribution in [3.05, 3.63) is 0 Å². The fourth-order valence-electron chi connectivity index (χ4n) is 3.47. The van der Waals surface area contributed by atoms with Crippen LogP contribution in [0.25, 0.3) is 0 Å². The molecule has 3 heteroatoms. The van der Waals surface area contributed by atoms with Crippen molar-refractivity contribution >= 4 is 5.91 Å². The van der Waals surface area contributed by atoms with Crippen molar-refractivity contribution in [1.29, 1.82) is 0 Å². The molecular weight excluding hydrogens is 224 g/mol. The molecule has 0 aromatic carbocycles. The molecule has 1 unspecified atom stereocenters. The van der Waals surface area contributed by atoms with Crippen molar-refractivity contribution in [2.24, 2.45) is 11.8 Å². The number of amides is 1. The Morgan fingerprint density at radius 2 is 1.94 bits per heavy atom. The van der Waals surface area contributed by atoms with E-state index in [1.165, 1.54) is 32.1 Å². The summed E-state index contributed by atoms with van der Waals surface area (Å²) < 4.78 is 0. The Balaban J connectivity index is 1.83. The summed E-state index contributed by atoms with van der Waals surface area (Å²) in [4.78, 5) is 14.5. The molecule has 1 saturated carbocycles. The van der Waals surface area contributed by atoms with Gasteiger partial charge in [-0.3, -0.25) is 4.79 Å². The summed E-state index contributed by atoms with van der Waals surface area (Å²) in [6.45, 7) is 4.25. The molecule has 104 valence electrons. The van der Waals surface area contributed by atoms with Crippen LogP contribution >= 0.6 is 0 Å². The fourth-order valence-corrected chi connectivity index (χ4v) is 3.47. The van der Waals surface area contributed by atoms with E-state index in [1.54, 1.807) is 0 Å². The smallest absolute Gasteiger partial charge is 0.226 e. The van der Waals surface area contributed by atoms with Crippen molar-refractivity contribution in [3.63, 3.8) is 0 Å². The maximum Gasteiger partial charge on any atom is 0.226 e. The second-order valence-corrected chi connectivity index (χ2v) is 6.08. The predicted molar refractivity (Wildman–Crippen MR) is 74.4 cm³/mol. The Morgan fingerprint density at radius 3 is 2.50 bits per heavy atom. The zero-order valence-electron chi connectivity index (χ0n) is 12.0. The van der Waals surface area contributed by atoms with E-state index >= 15 is 0 Å². The van der Waals surface area contributed by atoms with Crippen LogP contribution in [0, 0.1) is 11.8 Å². The highest BCUT2D eigenvalue weighted by Gasteiger charge is 2.30. The van der Waals surface area contributed by atoms with E-state index < -0.39 is 0 Å². The first-order valence-corrected chi connectivity index (χ1v) is 7.69. The first-order valence-electron chi connectivity index (χ1n) is 7.69. The van der Waals surface area contributed by atoms with Gasteiger partial charge in [-0.1, -0.05) is 13.3 Å². The maximum atomic E-state index is 12.4. The average molecular weight is 252 g/mol. The number of rotatable bonds is 3. The second kappa shape index (κ2) is 6.55. The van der Waals surface area contributed by atoms with E-state index in [2.05, 4.69) is 17.1 Å². The lowest BCUT2D eigenvalue weighted by Crippen LogP contribution is -2.46. The molecule has 1 heterocycles. The lowest BCUT2D eigenvalue weighted by Gasteiger charge is -2.37. The third-order valence-corrected chi connectivity index (χ3v) is 4.94. The van der Waals surface area contributed by atoms with E-state index in [1.807, 2.05) is 7.05 Å². The summed E-state index contributed by atoms with van der Waals surface area (Å²) in [6.07, 6.45) is 8.55. The molecule has 1 saturated heterocycles. The normalized spacial score (nSPS) is 33.1. The van der Waals surface area contributed by atoms with Gasteiger partial charge in [0.1, 0.15) is 0 Å².